The Morgan fingerprint density at radius 1 is 1.30 bits per heavy atom. The Labute approximate surface area is 120 Å². The largest absolute Gasteiger partial charge is 0.480 e. The van der Waals surface area contributed by atoms with Crippen molar-refractivity contribution < 1.29 is 19.4 Å². The van der Waals surface area contributed by atoms with Gasteiger partial charge in [0.15, 0.2) is 6.04 Å². The summed E-state index contributed by atoms with van der Waals surface area (Å²) in [6.45, 7) is 4.28. The Morgan fingerprint density at radius 2 is 1.95 bits per heavy atom. The smallest absolute Gasteiger partial charge is 0.328 e. The lowest BCUT2D eigenvalue weighted by Gasteiger charge is -2.35. The summed E-state index contributed by atoms with van der Waals surface area (Å²) in [4.78, 5) is 22.9. The van der Waals surface area contributed by atoms with Crippen LogP contribution in [0, 0.1) is 11.8 Å². The van der Waals surface area contributed by atoms with Gasteiger partial charge in [0.1, 0.15) is 0 Å². The number of carboxylic acids is 1. The summed E-state index contributed by atoms with van der Waals surface area (Å²) in [6.07, 6.45) is 4.37. The summed E-state index contributed by atoms with van der Waals surface area (Å²) in [5.41, 5.74) is 0. The molecule has 1 aliphatic carbocycles. The van der Waals surface area contributed by atoms with E-state index in [1.165, 1.54) is 13.5 Å². The number of hydrogen-bond acceptors (Lipinski definition) is 3. The molecule has 3 atom stereocenters. The zero-order valence-electron chi connectivity index (χ0n) is 12.5. The Morgan fingerprint density at radius 3 is 2.50 bits per heavy atom. The minimum atomic E-state index is -1.09. The maximum Gasteiger partial charge on any atom is 0.328 e. The average Bonchev–Trinajstić information content (AvgIpc) is 2.38. The maximum atomic E-state index is 11.9. The molecule has 0 aliphatic heterocycles. The van der Waals surface area contributed by atoms with Gasteiger partial charge in [0.05, 0.1) is 6.61 Å². The molecule has 0 spiro atoms. The van der Waals surface area contributed by atoms with Crippen molar-refractivity contribution in [1.82, 2.24) is 10.6 Å². The number of methoxy groups -OCH3 is 1. The fraction of sp³-hybridized carbons (Fsp3) is 0.857. The predicted molar refractivity (Wildman–Crippen MR) is 75.6 cm³/mol. The Balaban J connectivity index is 2.52. The molecule has 0 heterocycles. The Bertz CT molecular complexity index is 333. The van der Waals surface area contributed by atoms with E-state index in [0.717, 1.165) is 19.3 Å². The van der Waals surface area contributed by atoms with Crippen LogP contribution in [0.15, 0.2) is 0 Å². The van der Waals surface area contributed by atoms with Crippen molar-refractivity contribution in [2.75, 3.05) is 13.7 Å². The second-order valence-corrected chi connectivity index (χ2v) is 5.76. The van der Waals surface area contributed by atoms with Gasteiger partial charge in [0, 0.05) is 13.2 Å². The summed E-state index contributed by atoms with van der Waals surface area (Å²) in [6, 6.07) is -1.31. The highest BCUT2D eigenvalue weighted by atomic mass is 16.5. The number of rotatable bonds is 6. The number of hydrogen-bond donors (Lipinski definition) is 3. The van der Waals surface area contributed by atoms with Gasteiger partial charge in [-0.2, -0.15) is 0 Å². The molecule has 3 N–H and O–H groups in total. The van der Waals surface area contributed by atoms with E-state index < -0.39 is 18.0 Å². The minimum Gasteiger partial charge on any atom is -0.480 e. The molecule has 2 amide bonds. The van der Waals surface area contributed by atoms with Crippen molar-refractivity contribution in [3.05, 3.63) is 0 Å². The molecule has 6 nitrogen and oxygen atoms in total. The first kappa shape index (κ1) is 16.8. The van der Waals surface area contributed by atoms with Crippen LogP contribution in [0.2, 0.25) is 0 Å². The van der Waals surface area contributed by atoms with Gasteiger partial charge in [0.2, 0.25) is 0 Å². The van der Waals surface area contributed by atoms with E-state index in [4.69, 9.17) is 9.84 Å². The zero-order chi connectivity index (χ0) is 15.1. The number of urea groups is 1. The number of carbonyl (C=O) groups is 2. The van der Waals surface area contributed by atoms with Crippen LogP contribution in [0.1, 0.15) is 39.5 Å². The lowest BCUT2D eigenvalue weighted by atomic mass is 9.78. The summed E-state index contributed by atoms with van der Waals surface area (Å²) in [7, 11) is 1.41. The van der Waals surface area contributed by atoms with Crippen molar-refractivity contribution in [3.8, 4) is 0 Å². The molecule has 0 radical (unpaired) electrons. The van der Waals surface area contributed by atoms with Gasteiger partial charge >= 0.3 is 12.0 Å². The average molecular weight is 286 g/mol. The fourth-order valence-corrected chi connectivity index (χ4v) is 2.85. The van der Waals surface area contributed by atoms with Gasteiger partial charge in [0.25, 0.3) is 0 Å². The molecule has 20 heavy (non-hydrogen) atoms. The van der Waals surface area contributed by atoms with E-state index in [2.05, 4.69) is 24.5 Å². The summed E-state index contributed by atoms with van der Waals surface area (Å²) < 4.78 is 4.79. The van der Waals surface area contributed by atoms with Crippen LogP contribution in [-0.4, -0.2) is 42.9 Å². The first-order valence-electron chi connectivity index (χ1n) is 7.24. The Kier molecular flexibility index (Phi) is 6.78. The molecular formula is C14H26N2O4. The SMILES string of the molecule is COCC(NC(=O)NC1CCCCC1C(C)C)C(=O)O. The van der Waals surface area contributed by atoms with Crippen molar-refractivity contribution in [2.45, 2.75) is 51.6 Å². The normalized spacial score (nSPS) is 24.2. The van der Waals surface area contributed by atoms with E-state index in [9.17, 15) is 9.59 Å². The van der Waals surface area contributed by atoms with Crippen LogP contribution >= 0.6 is 0 Å². The molecule has 1 rings (SSSR count). The summed E-state index contributed by atoms with van der Waals surface area (Å²) in [5.74, 6) is -0.124. The number of amides is 2. The van der Waals surface area contributed by atoms with Crippen molar-refractivity contribution in [3.63, 3.8) is 0 Å². The van der Waals surface area contributed by atoms with Gasteiger partial charge in [-0.25, -0.2) is 9.59 Å². The monoisotopic (exact) mass is 286 g/mol. The standard InChI is InChI=1S/C14H26N2O4/c1-9(2)10-6-4-5-7-11(10)15-14(19)16-12(8-20-3)13(17)18/h9-12H,4-8H2,1-3H3,(H,17,18)(H2,15,16,19). The number of aliphatic carboxylic acids is 1. The van der Waals surface area contributed by atoms with Crippen molar-refractivity contribution in [1.29, 1.82) is 0 Å². The van der Waals surface area contributed by atoms with E-state index >= 15 is 0 Å². The van der Waals surface area contributed by atoms with Crippen LogP contribution < -0.4 is 10.6 Å². The third-order valence-corrected chi connectivity index (χ3v) is 3.93. The van der Waals surface area contributed by atoms with Crippen LogP contribution in [0.5, 0.6) is 0 Å². The highest BCUT2D eigenvalue weighted by Gasteiger charge is 2.29. The van der Waals surface area contributed by atoms with Crippen LogP contribution in [-0.2, 0) is 9.53 Å². The molecule has 1 saturated carbocycles. The number of nitrogens with one attached hydrogen (secondary N) is 2. The minimum absolute atomic E-state index is 0.0406. The van der Waals surface area contributed by atoms with Crippen molar-refractivity contribution >= 4 is 12.0 Å². The predicted octanol–water partition coefficient (Wildman–Crippen LogP) is 1.60. The third-order valence-electron chi connectivity index (χ3n) is 3.93. The van der Waals surface area contributed by atoms with Gasteiger partial charge in [-0.05, 0) is 24.7 Å². The summed E-state index contributed by atoms with van der Waals surface area (Å²) >= 11 is 0. The highest BCUT2D eigenvalue weighted by molar-refractivity contribution is 5.82. The quantitative estimate of drug-likeness (QED) is 0.692. The summed E-state index contributed by atoms with van der Waals surface area (Å²) in [5, 5.41) is 14.4. The third kappa shape index (κ3) is 5.00. The molecule has 0 aromatic carbocycles. The maximum absolute atomic E-state index is 11.9. The topological polar surface area (TPSA) is 87.7 Å². The van der Waals surface area contributed by atoms with Gasteiger partial charge in [-0.15, -0.1) is 0 Å². The van der Waals surface area contributed by atoms with Gasteiger partial charge in [-0.1, -0.05) is 26.7 Å². The molecule has 0 bridgehead atoms. The van der Waals surface area contributed by atoms with E-state index in [1.54, 1.807) is 0 Å². The molecule has 0 aromatic heterocycles. The molecular weight excluding hydrogens is 260 g/mol. The molecule has 0 aromatic rings. The lowest BCUT2D eigenvalue weighted by Crippen LogP contribution is -2.53. The molecule has 0 saturated heterocycles. The van der Waals surface area contributed by atoms with E-state index in [-0.39, 0.29) is 12.6 Å². The molecule has 1 fully saturated rings. The fourth-order valence-electron chi connectivity index (χ4n) is 2.85. The molecule has 1 aliphatic rings. The molecule has 3 unspecified atom stereocenters. The molecule has 116 valence electrons. The van der Waals surface area contributed by atoms with Gasteiger partial charge < -0.3 is 20.5 Å². The first-order valence-corrected chi connectivity index (χ1v) is 7.24. The van der Waals surface area contributed by atoms with Gasteiger partial charge in [-0.3, -0.25) is 0 Å². The first-order chi connectivity index (χ1) is 9.45. The highest BCUT2D eigenvalue weighted by Crippen LogP contribution is 2.30. The molecule has 6 heteroatoms. The van der Waals surface area contributed by atoms with E-state index in [1.807, 2.05) is 0 Å². The van der Waals surface area contributed by atoms with Crippen LogP contribution in [0.25, 0.3) is 0 Å². The van der Waals surface area contributed by atoms with Crippen LogP contribution in [0.3, 0.4) is 0 Å². The van der Waals surface area contributed by atoms with Crippen molar-refractivity contribution in [2.24, 2.45) is 11.8 Å². The number of carboxylic acid groups (broad SMARTS) is 1. The van der Waals surface area contributed by atoms with Crippen LogP contribution in [0.4, 0.5) is 4.79 Å². The number of ether oxygens (including phenoxy) is 1. The number of carbonyl (C=O) groups excluding carboxylic acids is 1. The second-order valence-electron chi connectivity index (χ2n) is 5.76. The Hall–Kier alpha value is -1.30. The zero-order valence-corrected chi connectivity index (χ0v) is 12.5. The second kappa shape index (κ2) is 8.09. The lowest BCUT2D eigenvalue weighted by molar-refractivity contribution is -0.140. The van der Waals surface area contributed by atoms with E-state index in [0.29, 0.717) is 11.8 Å².